The second-order valence-electron chi connectivity index (χ2n) is 4.43. The monoisotopic (exact) mass is 223 g/mol. The number of nitrogens with zero attached hydrogens (tertiary/aromatic N) is 2. The number of ether oxygens (including phenoxy) is 1. The van der Waals surface area contributed by atoms with Crippen molar-refractivity contribution in [1.82, 2.24) is 9.55 Å². The summed E-state index contributed by atoms with van der Waals surface area (Å²) in [6.45, 7) is 3.63. The van der Waals surface area contributed by atoms with E-state index in [1.165, 1.54) is 12.8 Å². The molecule has 2 rings (SSSR count). The molecule has 16 heavy (non-hydrogen) atoms. The van der Waals surface area contributed by atoms with Crippen molar-refractivity contribution in [1.29, 1.82) is 0 Å². The van der Waals surface area contributed by atoms with Gasteiger partial charge in [0.05, 0.1) is 6.10 Å². The van der Waals surface area contributed by atoms with Crippen LogP contribution in [0.3, 0.4) is 0 Å². The van der Waals surface area contributed by atoms with Crippen LogP contribution in [-0.2, 0) is 17.9 Å². The van der Waals surface area contributed by atoms with E-state index in [1.54, 1.807) is 0 Å². The molecule has 0 saturated heterocycles. The number of nitrogens with two attached hydrogens (primary N) is 1. The van der Waals surface area contributed by atoms with Gasteiger partial charge in [-0.15, -0.1) is 0 Å². The van der Waals surface area contributed by atoms with Crippen molar-refractivity contribution in [3.8, 4) is 0 Å². The number of imidazole rings is 1. The molecule has 0 spiro atoms. The third-order valence-corrected chi connectivity index (χ3v) is 3.32. The van der Waals surface area contributed by atoms with E-state index in [1.807, 2.05) is 12.4 Å². The summed E-state index contributed by atoms with van der Waals surface area (Å²) < 4.78 is 7.98. The maximum absolute atomic E-state index is 6.04. The Morgan fingerprint density at radius 3 is 3.06 bits per heavy atom. The summed E-state index contributed by atoms with van der Waals surface area (Å²) in [5.74, 6) is 1.00. The molecule has 90 valence electrons. The van der Waals surface area contributed by atoms with Gasteiger partial charge in [0.1, 0.15) is 12.4 Å². The second-order valence-corrected chi connectivity index (χ2v) is 4.43. The Balaban J connectivity index is 1.86. The van der Waals surface area contributed by atoms with E-state index in [0.717, 1.165) is 25.2 Å². The van der Waals surface area contributed by atoms with Gasteiger partial charge in [-0.05, 0) is 19.8 Å². The van der Waals surface area contributed by atoms with Crippen LogP contribution in [0.15, 0.2) is 12.4 Å². The fourth-order valence-corrected chi connectivity index (χ4v) is 2.28. The Morgan fingerprint density at radius 1 is 1.50 bits per heavy atom. The molecule has 0 aliphatic heterocycles. The van der Waals surface area contributed by atoms with Gasteiger partial charge in [0.2, 0.25) is 0 Å². The average molecular weight is 223 g/mol. The molecule has 4 heteroatoms. The van der Waals surface area contributed by atoms with E-state index in [4.69, 9.17) is 10.5 Å². The molecule has 0 bridgehead atoms. The van der Waals surface area contributed by atoms with E-state index >= 15 is 0 Å². The summed E-state index contributed by atoms with van der Waals surface area (Å²) in [5, 5.41) is 0. The van der Waals surface area contributed by atoms with E-state index in [-0.39, 0.29) is 12.1 Å². The van der Waals surface area contributed by atoms with E-state index in [9.17, 15) is 0 Å². The minimum atomic E-state index is 0.207. The summed E-state index contributed by atoms with van der Waals surface area (Å²) in [6.07, 6.45) is 8.69. The molecule has 1 heterocycles. The van der Waals surface area contributed by atoms with Crippen molar-refractivity contribution in [2.45, 2.75) is 57.9 Å². The maximum Gasteiger partial charge on any atom is 0.134 e. The molecule has 1 aliphatic carbocycles. The minimum Gasteiger partial charge on any atom is -0.369 e. The smallest absolute Gasteiger partial charge is 0.134 e. The topological polar surface area (TPSA) is 53.1 Å². The zero-order chi connectivity index (χ0) is 11.4. The maximum atomic E-state index is 6.04. The standard InChI is InChI=1S/C12H21N3O/c1-2-15-8-7-14-12(15)9-16-11-6-4-3-5-10(11)13/h7-8,10-11H,2-6,9,13H2,1H3. The van der Waals surface area contributed by atoms with Gasteiger partial charge in [0.25, 0.3) is 0 Å². The van der Waals surface area contributed by atoms with E-state index < -0.39 is 0 Å². The highest BCUT2D eigenvalue weighted by atomic mass is 16.5. The van der Waals surface area contributed by atoms with Crippen LogP contribution in [0.2, 0.25) is 0 Å². The molecule has 0 aromatic carbocycles. The van der Waals surface area contributed by atoms with Crippen LogP contribution in [0, 0.1) is 0 Å². The first kappa shape index (κ1) is 11.6. The summed E-state index contributed by atoms with van der Waals surface area (Å²) in [5.41, 5.74) is 6.04. The molecule has 1 fully saturated rings. The predicted octanol–water partition coefficient (Wildman–Crippen LogP) is 1.69. The van der Waals surface area contributed by atoms with Gasteiger partial charge in [-0.25, -0.2) is 4.98 Å². The van der Waals surface area contributed by atoms with Crippen LogP contribution < -0.4 is 5.73 Å². The zero-order valence-corrected chi connectivity index (χ0v) is 9.93. The number of hydrogen-bond acceptors (Lipinski definition) is 3. The SMILES string of the molecule is CCn1ccnc1COC1CCCCC1N. The normalized spacial score (nSPS) is 25.9. The highest BCUT2D eigenvalue weighted by molar-refractivity contribution is 4.90. The van der Waals surface area contributed by atoms with Gasteiger partial charge in [0.15, 0.2) is 0 Å². The summed E-state index contributed by atoms with van der Waals surface area (Å²) in [6, 6.07) is 0.207. The van der Waals surface area contributed by atoms with Gasteiger partial charge in [-0.2, -0.15) is 0 Å². The van der Waals surface area contributed by atoms with Crippen LogP contribution in [0.5, 0.6) is 0 Å². The first-order chi connectivity index (χ1) is 7.81. The number of aromatic nitrogens is 2. The summed E-state index contributed by atoms with van der Waals surface area (Å²) in [7, 11) is 0. The number of aryl methyl sites for hydroxylation is 1. The second kappa shape index (κ2) is 5.46. The Labute approximate surface area is 96.8 Å². The lowest BCUT2D eigenvalue weighted by molar-refractivity contribution is -0.000149. The Hall–Kier alpha value is -0.870. The highest BCUT2D eigenvalue weighted by Crippen LogP contribution is 2.20. The molecule has 2 N–H and O–H groups in total. The zero-order valence-electron chi connectivity index (χ0n) is 9.93. The first-order valence-corrected chi connectivity index (χ1v) is 6.18. The molecule has 4 nitrogen and oxygen atoms in total. The van der Waals surface area contributed by atoms with Gasteiger partial charge in [-0.3, -0.25) is 0 Å². The Kier molecular flexibility index (Phi) is 3.96. The molecule has 2 unspecified atom stereocenters. The Morgan fingerprint density at radius 2 is 2.31 bits per heavy atom. The van der Waals surface area contributed by atoms with Crippen LogP contribution >= 0.6 is 0 Å². The van der Waals surface area contributed by atoms with Crippen molar-refractivity contribution < 1.29 is 4.74 Å². The largest absolute Gasteiger partial charge is 0.369 e. The third-order valence-electron chi connectivity index (χ3n) is 3.32. The van der Waals surface area contributed by atoms with Crippen molar-refractivity contribution in [3.63, 3.8) is 0 Å². The lowest BCUT2D eigenvalue weighted by Crippen LogP contribution is -2.39. The van der Waals surface area contributed by atoms with Crippen LogP contribution in [0.25, 0.3) is 0 Å². The van der Waals surface area contributed by atoms with Gasteiger partial charge in [-0.1, -0.05) is 12.8 Å². The van der Waals surface area contributed by atoms with Crippen molar-refractivity contribution >= 4 is 0 Å². The predicted molar refractivity (Wildman–Crippen MR) is 62.9 cm³/mol. The molecular formula is C12H21N3O. The van der Waals surface area contributed by atoms with Crippen molar-refractivity contribution in [2.75, 3.05) is 0 Å². The summed E-state index contributed by atoms with van der Waals surface area (Å²) >= 11 is 0. The molecule has 2 atom stereocenters. The molecule has 0 amide bonds. The van der Waals surface area contributed by atoms with Gasteiger partial charge < -0.3 is 15.0 Å². The lowest BCUT2D eigenvalue weighted by atomic mass is 9.93. The van der Waals surface area contributed by atoms with Crippen LogP contribution in [0.1, 0.15) is 38.4 Å². The molecule has 1 aliphatic rings. The van der Waals surface area contributed by atoms with Crippen LogP contribution in [-0.4, -0.2) is 21.7 Å². The quantitative estimate of drug-likeness (QED) is 0.845. The third kappa shape index (κ3) is 2.62. The first-order valence-electron chi connectivity index (χ1n) is 6.18. The molecule has 0 radical (unpaired) electrons. The lowest BCUT2D eigenvalue weighted by Gasteiger charge is -2.28. The summed E-state index contributed by atoms with van der Waals surface area (Å²) in [4.78, 5) is 4.29. The molecular weight excluding hydrogens is 202 g/mol. The molecule has 1 saturated carbocycles. The number of rotatable bonds is 4. The highest BCUT2D eigenvalue weighted by Gasteiger charge is 2.22. The van der Waals surface area contributed by atoms with E-state index in [2.05, 4.69) is 16.5 Å². The Bertz CT molecular complexity index is 324. The van der Waals surface area contributed by atoms with Gasteiger partial charge in [0, 0.05) is 25.0 Å². The number of hydrogen-bond donors (Lipinski definition) is 1. The van der Waals surface area contributed by atoms with Crippen molar-refractivity contribution in [3.05, 3.63) is 18.2 Å². The van der Waals surface area contributed by atoms with E-state index in [0.29, 0.717) is 6.61 Å². The minimum absolute atomic E-state index is 0.207. The van der Waals surface area contributed by atoms with Crippen molar-refractivity contribution in [2.24, 2.45) is 5.73 Å². The molecule has 1 aromatic rings. The average Bonchev–Trinajstić information content (AvgIpc) is 2.75. The molecule has 1 aromatic heterocycles. The van der Waals surface area contributed by atoms with Gasteiger partial charge >= 0.3 is 0 Å². The van der Waals surface area contributed by atoms with Crippen LogP contribution in [0.4, 0.5) is 0 Å². The fraction of sp³-hybridized carbons (Fsp3) is 0.750. The fourth-order valence-electron chi connectivity index (χ4n) is 2.28.